The Morgan fingerprint density at radius 3 is 2.56 bits per heavy atom. The molecule has 0 radical (unpaired) electrons. The van der Waals surface area contributed by atoms with Gasteiger partial charge in [-0.3, -0.25) is 9.59 Å². The van der Waals surface area contributed by atoms with Gasteiger partial charge in [0.1, 0.15) is 0 Å². The van der Waals surface area contributed by atoms with Crippen molar-refractivity contribution < 1.29 is 9.59 Å². The number of hydrogen-bond acceptors (Lipinski definition) is 3. The summed E-state index contributed by atoms with van der Waals surface area (Å²) in [5.74, 6) is 0.529. The molecule has 0 bridgehead atoms. The molecule has 5 nitrogen and oxygen atoms in total. The Balaban J connectivity index is 0.00000312. The molecule has 1 aliphatic rings. The van der Waals surface area contributed by atoms with Crippen LogP contribution < -0.4 is 10.6 Å². The average molecular weight is 368 g/mol. The van der Waals surface area contributed by atoms with E-state index >= 15 is 0 Å². The molecule has 140 valence electrons. The highest BCUT2D eigenvalue weighted by molar-refractivity contribution is 5.85. The Labute approximate surface area is 157 Å². The summed E-state index contributed by atoms with van der Waals surface area (Å²) in [6.07, 6.45) is 2.53. The van der Waals surface area contributed by atoms with Crippen LogP contribution in [0.2, 0.25) is 0 Å². The molecule has 1 saturated heterocycles. The standard InChI is InChI=1S/C19H29N3O2.ClH/c1-14-6-8-17(9-7-14)18(21-15(2)23)11-19(24)22-10-4-5-16(13-22)12-20-3;/h6-9,16,18,20H,4-5,10-13H2,1-3H3,(H,21,23);1H. The van der Waals surface area contributed by atoms with Gasteiger partial charge in [0.2, 0.25) is 11.8 Å². The predicted octanol–water partition coefficient (Wildman–Crippen LogP) is 2.44. The maximum absolute atomic E-state index is 12.7. The molecule has 0 spiro atoms. The molecule has 1 aromatic rings. The number of rotatable bonds is 6. The zero-order valence-corrected chi connectivity index (χ0v) is 16.2. The van der Waals surface area contributed by atoms with Gasteiger partial charge in [0.15, 0.2) is 0 Å². The summed E-state index contributed by atoms with van der Waals surface area (Å²) in [7, 11) is 1.95. The van der Waals surface area contributed by atoms with Gasteiger partial charge in [-0.2, -0.15) is 0 Å². The van der Waals surface area contributed by atoms with Crippen molar-refractivity contribution >= 4 is 24.2 Å². The van der Waals surface area contributed by atoms with Crippen molar-refractivity contribution in [3.8, 4) is 0 Å². The van der Waals surface area contributed by atoms with E-state index in [4.69, 9.17) is 0 Å². The Hall–Kier alpha value is -1.59. The fourth-order valence-electron chi connectivity index (χ4n) is 3.35. The summed E-state index contributed by atoms with van der Waals surface area (Å²) in [5, 5.41) is 6.12. The van der Waals surface area contributed by atoms with Crippen LogP contribution in [0.15, 0.2) is 24.3 Å². The molecular weight excluding hydrogens is 338 g/mol. The van der Waals surface area contributed by atoms with Crippen molar-refractivity contribution in [3.05, 3.63) is 35.4 Å². The normalized spacial score (nSPS) is 18.2. The monoisotopic (exact) mass is 367 g/mol. The summed E-state index contributed by atoms with van der Waals surface area (Å²) in [6.45, 7) is 6.09. The quantitative estimate of drug-likeness (QED) is 0.811. The van der Waals surface area contributed by atoms with Crippen LogP contribution in [-0.2, 0) is 9.59 Å². The van der Waals surface area contributed by atoms with E-state index in [1.807, 2.05) is 43.1 Å². The van der Waals surface area contributed by atoms with Gasteiger partial charge in [-0.1, -0.05) is 29.8 Å². The third-order valence-electron chi connectivity index (χ3n) is 4.60. The minimum atomic E-state index is -0.264. The Bertz CT molecular complexity index is 560. The topological polar surface area (TPSA) is 61.4 Å². The number of benzene rings is 1. The lowest BCUT2D eigenvalue weighted by Gasteiger charge is -2.33. The second kappa shape index (κ2) is 10.4. The van der Waals surface area contributed by atoms with E-state index in [0.29, 0.717) is 12.3 Å². The molecule has 2 amide bonds. The van der Waals surface area contributed by atoms with Gasteiger partial charge in [0.05, 0.1) is 12.5 Å². The van der Waals surface area contributed by atoms with Crippen LogP contribution in [0.5, 0.6) is 0 Å². The maximum atomic E-state index is 12.7. The lowest BCUT2D eigenvalue weighted by atomic mass is 9.96. The van der Waals surface area contributed by atoms with Crippen molar-refractivity contribution in [1.82, 2.24) is 15.5 Å². The molecule has 0 saturated carbocycles. The number of piperidine rings is 1. The number of aryl methyl sites for hydroxylation is 1. The lowest BCUT2D eigenvalue weighted by molar-refractivity contribution is -0.133. The largest absolute Gasteiger partial charge is 0.349 e. The SMILES string of the molecule is CNCC1CCCN(C(=O)CC(NC(C)=O)c2ccc(C)cc2)C1.Cl. The van der Waals surface area contributed by atoms with Crippen LogP contribution in [0, 0.1) is 12.8 Å². The first kappa shape index (κ1) is 21.5. The minimum absolute atomic E-state index is 0. The lowest BCUT2D eigenvalue weighted by Crippen LogP contribution is -2.43. The van der Waals surface area contributed by atoms with Crippen molar-refractivity contribution in [2.24, 2.45) is 5.92 Å². The number of amides is 2. The van der Waals surface area contributed by atoms with Crippen LogP contribution in [0.3, 0.4) is 0 Å². The first-order valence-electron chi connectivity index (χ1n) is 8.75. The molecule has 1 fully saturated rings. The summed E-state index contributed by atoms with van der Waals surface area (Å²) >= 11 is 0. The van der Waals surface area contributed by atoms with Gasteiger partial charge in [0, 0.05) is 20.0 Å². The Kier molecular flexibility index (Phi) is 8.93. The van der Waals surface area contributed by atoms with Crippen LogP contribution in [0.1, 0.15) is 43.4 Å². The van der Waals surface area contributed by atoms with E-state index in [1.165, 1.54) is 6.92 Å². The molecule has 0 aliphatic carbocycles. The van der Waals surface area contributed by atoms with E-state index in [0.717, 1.165) is 43.6 Å². The fourth-order valence-corrected chi connectivity index (χ4v) is 3.35. The second-order valence-corrected chi connectivity index (χ2v) is 6.77. The molecular formula is C19H30ClN3O2. The molecule has 1 aliphatic heterocycles. The summed E-state index contributed by atoms with van der Waals surface area (Å²) < 4.78 is 0. The fraction of sp³-hybridized carbons (Fsp3) is 0.579. The van der Waals surface area contributed by atoms with Crippen molar-refractivity contribution in [1.29, 1.82) is 0 Å². The van der Waals surface area contributed by atoms with Gasteiger partial charge >= 0.3 is 0 Å². The number of nitrogens with one attached hydrogen (secondary N) is 2. The van der Waals surface area contributed by atoms with Gasteiger partial charge in [-0.05, 0) is 44.8 Å². The molecule has 2 rings (SSSR count). The highest BCUT2D eigenvalue weighted by Gasteiger charge is 2.26. The summed E-state index contributed by atoms with van der Waals surface area (Å²) in [4.78, 5) is 26.2. The van der Waals surface area contributed by atoms with Gasteiger partial charge in [0.25, 0.3) is 0 Å². The molecule has 0 aromatic heterocycles. The average Bonchev–Trinajstić information content (AvgIpc) is 2.55. The highest BCUT2D eigenvalue weighted by Crippen LogP contribution is 2.22. The molecule has 6 heteroatoms. The Morgan fingerprint density at radius 1 is 1.28 bits per heavy atom. The number of carbonyl (C=O) groups excluding carboxylic acids is 2. The number of nitrogens with zero attached hydrogens (tertiary/aromatic N) is 1. The van der Waals surface area contributed by atoms with Gasteiger partial charge < -0.3 is 15.5 Å². The second-order valence-electron chi connectivity index (χ2n) is 6.77. The number of carbonyl (C=O) groups is 2. The molecule has 2 N–H and O–H groups in total. The van der Waals surface area contributed by atoms with Crippen LogP contribution in [0.4, 0.5) is 0 Å². The van der Waals surface area contributed by atoms with Crippen LogP contribution >= 0.6 is 12.4 Å². The first-order chi connectivity index (χ1) is 11.5. The predicted molar refractivity (Wildman–Crippen MR) is 103 cm³/mol. The zero-order chi connectivity index (χ0) is 17.5. The molecule has 2 unspecified atom stereocenters. The number of likely N-dealkylation sites (tertiary alicyclic amines) is 1. The molecule has 1 heterocycles. The van der Waals surface area contributed by atoms with Crippen molar-refractivity contribution in [2.45, 2.75) is 39.2 Å². The molecule has 25 heavy (non-hydrogen) atoms. The zero-order valence-electron chi connectivity index (χ0n) is 15.4. The van der Waals surface area contributed by atoms with E-state index in [-0.39, 0.29) is 30.3 Å². The summed E-state index contributed by atoms with van der Waals surface area (Å²) in [6, 6.07) is 7.74. The highest BCUT2D eigenvalue weighted by atomic mass is 35.5. The van der Waals surface area contributed by atoms with Crippen LogP contribution in [-0.4, -0.2) is 43.4 Å². The third kappa shape index (κ3) is 6.67. The Morgan fingerprint density at radius 2 is 1.96 bits per heavy atom. The van der Waals surface area contributed by atoms with Crippen molar-refractivity contribution in [3.63, 3.8) is 0 Å². The van der Waals surface area contributed by atoms with Crippen LogP contribution in [0.25, 0.3) is 0 Å². The van der Waals surface area contributed by atoms with Crippen molar-refractivity contribution in [2.75, 3.05) is 26.7 Å². The third-order valence-corrected chi connectivity index (χ3v) is 4.60. The number of halogens is 1. The minimum Gasteiger partial charge on any atom is -0.349 e. The smallest absolute Gasteiger partial charge is 0.224 e. The molecule has 2 atom stereocenters. The van der Waals surface area contributed by atoms with Gasteiger partial charge in [-0.15, -0.1) is 12.4 Å². The molecule has 1 aromatic carbocycles. The summed E-state index contributed by atoms with van der Waals surface area (Å²) in [5.41, 5.74) is 2.14. The van der Waals surface area contributed by atoms with E-state index in [1.54, 1.807) is 0 Å². The van der Waals surface area contributed by atoms with E-state index < -0.39 is 0 Å². The number of hydrogen-bond donors (Lipinski definition) is 2. The maximum Gasteiger partial charge on any atom is 0.224 e. The first-order valence-corrected chi connectivity index (χ1v) is 8.75. The van der Waals surface area contributed by atoms with Gasteiger partial charge in [-0.25, -0.2) is 0 Å². The van der Waals surface area contributed by atoms with E-state index in [2.05, 4.69) is 10.6 Å². The van der Waals surface area contributed by atoms with E-state index in [9.17, 15) is 9.59 Å².